The van der Waals surface area contributed by atoms with Gasteiger partial charge >= 0.3 is 28.1 Å². The van der Waals surface area contributed by atoms with Crippen molar-refractivity contribution in [2.75, 3.05) is 30.6 Å². The van der Waals surface area contributed by atoms with Crippen molar-refractivity contribution in [1.82, 2.24) is 9.13 Å². The van der Waals surface area contributed by atoms with E-state index < -0.39 is 5.97 Å². The number of carbonyl (C=O) groups excluding carboxylic acids is 1. The van der Waals surface area contributed by atoms with Crippen molar-refractivity contribution in [3.05, 3.63) is 20.8 Å². The zero-order valence-corrected chi connectivity index (χ0v) is 13.4. The van der Waals surface area contributed by atoms with Gasteiger partial charge in [0.1, 0.15) is 11.5 Å². The zero-order chi connectivity index (χ0) is 14.9. The summed E-state index contributed by atoms with van der Waals surface area (Å²) in [6.45, 7) is 1.60. The molecule has 0 fully saturated rings. The molecule has 8 nitrogen and oxygen atoms in total. The van der Waals surface area contributed by atoms with Crippen LogP contribution in [0.15, 0.2) is 9.59 Å². The van der Waals surface area contributed by atoms with Crippen LogP contribution in [0.5, 0.6) is 0 Å². The predicted octanol–water partition coefficient (Wildman–Crippen LogP) is -2.32. The molecule has 1 aromatic heterocycles. The number of fused-ring (bicyclic) bond motifs is 1. The molecule has 1 aromatic rings. The molecule has 1 aliphatic heterocycles. The minimum atomic E-state index is -1.08. The van der Waals surface area contributed by atoms with E-state index in [0.29, 0.717) is 18.2 Å². The molecule has 2 rings (SSSR count). The van der Waals surface area contributed by atoms with Gasteiger partial charge in [-0.1, -0.05) is 0 Å². The molecule has 0 bridgehead atoms. The van der Waals surface area contributed by atoms with E-state index in [-0.39, 0.29) is 33.6 Å². The minimum absolute atomic E-state index is 0. The maximum atomic E-state index is 11.9. The van der Waals surface area contributed by atoms with Crippen LogP contribution in [0.1, 0.15) is 6.92 Å². The van der Waals surface area contributed by atoms with E-state index in [1.165, 1.54) is 11.6 Å². The van der Waals surface area contributed by atoms with Gasteiger partial charge in [0.2, 0.25) is 0 Å². The van der Waals surface area contributed by atoms with Crippen molar-refractivity contribution < 1.29 is 32.3 Å². The summed E-state index contributed by atoms with van der Waals surface area (Å²) < 4.78 is 2.63. The quantitative estimate of drug-likeness (QED) is 0.472. The number of aromatic nitrogens is 2. The standard InChI is InChI=1S/C9H14N4O2.C2H4O2.Ag/c1-10-5-11(2)7-6(10)8(14)13(4)9(15)12(7)3;1-2(3)4;/h5H2,1-4H3;1H3,(H,3,4);/q;;+1/p-1. The van der Waals surface area contributed by atoms with Crippen LogP contribution in [0.3, 0.4) is 0 Å². The fourth-order valence-corrected chi connectivity index (χ4v) is 2.04. The smallest absolute Gasteiger partial charge is 0.550 e. The zero-order valence-electron chi connectivity index (χ0n) is 11.9. The number of nitrogens with zero attached hydrogens (tertiary/aromatic N) is 4. The Hall–Kier alpha value is -1.51. The first-order chi connectivity index (χ1) is 8.68. The molecule has 0 unspecified atom stereocenters. The van der Waals surface area contributed by atoms with Gasteiger partial charge in [-0.2, -0.15) is 0 Å². The third kappa shape index (κ3) is 3.33. The number of carboxylic acids is 1. The summed E-state index contributed by atoms with van der Waals surface area (Å²) in [5.74, 6) is -0.398. The first-order valence-electron chi connectivity index (χ1n) is 5.58. The number of carbonyl (C=O) groups is 1. The molecule has 0 atom stereocenters. The molecule has 0 aliphatic carbocycles. The van der Waals surface area contributed by atoms with Crippen molar-refractivity contribution in [2.45, 2.75) is 6.92 Å². The molecule has 0 saturated carbocycles. The summed E-state index contributed by atoms with van der Waals surface area (Å²) in [4.78, 5) is 36.2. The molecule has 0 aromatic carbocycles. The molecule has 2 heterocycles. The minimum Gasteiger partial charge on any atom is -0.550 e. The van der Waals surface area contributed by atoms with Crippen LogP contribution >= 0.6 is 0 Å². The third-order valence-electron chi connectivity index (χ3n) is 2.78. The van der Waals surface area contributed by atoms with Gasteiger partial charge in [0.05, 0.1) is 6.67 Å². The SMILES string of the molecule is CC(=O)[O-].CN1CN(C)c2c1c(=O)n(C)c(=O)n2C.[Ag+]. The van der Waals surface area contributed by atoms with Crippen molar-refractivity contribution in [3.63, 3.8) is 0 Å². The van der Waals surface area contributed by atoms with Gasteiger partial charge in [0.25, 0.3) is 5.56 Å². The van der Waals surface area contributed by atoms with Crippen molar-refractivity contribution in [3.8, 4) is 0 Å². The molecule has 9 heteroatoms. The number of carboxylic acid groups (broad SMARTS) is 1. The Morgan fingerprint density at radius 2 is 1.50 bits per heavy atom. The van der Waals surface area contributed by atoms with E-state index in [1.54, 1.807) is 7.05 Å². The molecule has 1 aliphatic rings. The van der Waals surface area contributed by atoms with Crippen LogP contribution in [0.25, 0.3) is 0 Å². The van der Waals surface area contributed by atoms with E-state index in [9.17, 15) is 9.59 Å². The number of rotatable bonds is 0. The summed E-state index contributed by atoms with van der Waals surface area (Å²) in [7, 11) is 6.88. The summed E-state index contributed by atoms with van der Waals surface area (Å²) in [6.07, 6.45) is 0. The summed E-state index contributed by atoms with van der Waals surface area (Å²) in [5.41, 5.74) is 0.0583. The van der Waals surface area contributed by atoms with Crippen LogP contribution in [0, 0.1) is 0 Å². The van der Waals surface area contributed by atoms with Crippen LogP contribution in [-0.2, 0) is 41.3 Å². The predicted molar refractivity (Wildman–Crippen MR) is 69.3 cm³/mol. The Morgan fingerprint density at radius 3 is 1.95 bits per heavy atom. The Balaban J connectivity index is 0.000000644. The number of hydrogen-bond donors (Lipinski definition) is 0. The number of aliphatic carboxylic acids is 1. The maximum Gasteiger partial charge on any atom is 1.00 e. The van der Waals surface area contributed by atoms with Crippen LogP contribution in [0.4, 0.5) is 11.5 Å². The second kappa shape index (κ2) is 6.78. The Bertz CT molecular complexity index is 618. The van der Waals surface area contributed by atoms with E-state index in [0.717, 1.165) is 11.5 Å². The van der Waals surface area contributed by atoms with Crippen LogP contribution in [-0.4, -0.2) is 35.9 Å². The van der Waals surface area contributed by atoms with Crippen molar-refractivity contribution >= 4 is 17.5 Å². The van der Waals surface area contributed by atoms with Crippen LogP contribution in [0.2, 0.25) is 0 Å². The van der Waals surface area contributed by atoms with Gasteiger partial charge in [-0.05, 0) is 6.92 Å². The van der Waals surface area contributed by atoms with Gasteiger partial charge in [-0.25, -0.2) is 4.79 Å². The van der Waals surface area contributed by atoms with E-state index in [2.05, 4.69) is 0 Å². The van der Waals surface area contributed by atoms with Gasteiger partial charge in [-0.3, -0.25) is 13.9 Å². The summed E-state index contributed by atoms with van der Waals surface area (Å²) in [5, 5.41) is 8.89. The average molecular weight is 377 g/mol. The van der Waals surface area contributed by atoms with Crippen LogP contribution < -0.4 is 26.2 Å². The van der Waals surface area contributed by atoms with E-state index in [4.69, 9.17) is 9.90 Å². The summed E-state index contributed by atoms with van der Waals surface area (Å²) >= 11 is 0. The third-order valence-corrected chi connectivity index (χ3v) is 2.78. The number of hydrogen-bond acceptors (Lipinski definition) is 6. The molecule has 0 N–H and O–H groups in total. The first-order valence-corrected chi connectivity index (χ1v) is 5.58. The second-order valence-electron chi connectivity index (χ2n) is 4.41. The van der Waals surface area contributed by atoms with Gasteiger partial charge in [-0.15, -0.1) is 0 Å². The Labute approximate surface area is 131 Å². The molecular weight excluding hydrogens is 360 g/mol. The largest absolute Gasteiger partial charge is 1.00 e. The molecule has 0 radical (unpaired) electrons. The molecule has 20 heavy (non-hydrogen) atoms. The van der Waals surface area contributed by atoms with Crippen molar-refractivity contribution in [2.24, 2.45) is 14.1 Å². The topological polar surface area (TPSA) is 90.6 Å². The van der Waals surface area contributed by atoms with Gasteiger partial charge in [0, 0.05) is 34.2 Å². The van der Waals surface area contributed by atoms with Gasteiger partial charge < -0.3 is 19.7 Å². The fraction of sp³-hybridized carbons (Fsp3) is 0.545. The normalized spacial score (nSPS) is 12.2. The van der Waals surface area contributed by atoms with Crippen molar-refractivity contribution in [1.29, 1.82) is 0 Å². The fourth-order valence-electron chi connectivity index (χ4n) is 2.04. The Kier molecular flexibility index (Phi) is 6.27. The molecule has 116 valence electrons. The van der Waals surface area contributed by atoms with E-state index >= 15 is 0 Å². The second-order valence-corrected chi connectivity index (χ2v) is 4.41. The number of anilines is 2. The monoisotopic (exact) mass is 376 g/mol. The average Bonchev–Trinajstić information content (AvgIpc) is 2.58. The van der Waals surface area contributed by atoms with Gasteiger partial charge in [0.15, 0.2) is 0 Å². The molecule has 0 amide bonds. The molecular formula is C11H17AgN4O4. The Morgan fingerprint density at radius 1 is 1.05 bits per heavy atom. The molecule has 0 saturated heterocycles. The first kappa shape index (κ1) is 18.5. The van der Waals surface area contributed by atoms with E-state index in [1.807, 2.05) is 23.9 Å². The maximum absolute atomic E-state index is 11.9. The molecule has 0 spiro atoms. The summed E-state index contributed by atoms with van der Waals surface area (Å²) in [6, 6.07) is 0.